The number of rotatable bonds is 8. The number of hydrogen-bond acceptors (Lipinski definition) is 4. The molecule has 0 aliphatic rings. The van der Waals surface area contributed by atoms with Gasteiger partial charge in [0.15, 0.2) is 0 Å². The minimum Gasteiger partial charge on any atom is -0.438 e. The van der Waals surface area contributed by atoms with Crippen LogP contribution in [0.15, 0.2) is 54.7 Å². The largest absolute Gasteiger partial charge is 0.438 e. The van der Waals surface area contributed by atoms with Crippen molar-refractivity contribution in [3.8, 4) is 11.6 Å². The summed E-state index contributed by atoms with van der Waals surface area (Å²) in [5.41, 5.74) is 6.84. The molecule has 0 spiro atoms. The first-order valence-electron chi connectivity index (χ1n) is 9.19. The predicted octanol–water partition coefficient (Wildman–Crippen LogP) is 4.26. The van der Waals surface area contributed by atoms with E-state index in [9.17, 15) is 4.79 Å². The van der Waals surface area contributed by atoms with Crippen molar-refractivity contribution >= 4 is 16.7 Å². The molecule has 0 saturated carbocycles. The van der Waals surface area contributed by atoms with Gasteiger partial charge in [0.1, 0.15) is 5.75 Å². The van der Waals surface area contributed by atoms with Gasteiger partial charge in [-0.15, -0.1) is 0 Å². The SMILES string of the molecule is CC(C)CCNCc1cccc2c(Oc3ccc(C(N)=O)cn3)cccc12. The Morgan fingerprint density at radius 3 is 2.59 bits per heavy atom. The summed E-state index contributed by atoms with van der Waals surface area (Å²) in [6.45, 7) is 6.28. The lowest BCUT2D eigenvalue weighted by Gasteiger charge is -2.12. The molecule has 140 valence electrons. The van der Waals surface area contributed by atoms with Crippen LogP contribution in [0.4, 0.5) is 0 Å². The standard InChI is InChI=1S/C22H25N3O2/c1-15(2)11-12-24-13-16-5-3-7-19-18(16)6-4-8-20(19)27-21-10-9-17(14-25-21)22(23)26/h3-10,14-15,24H,11-13H2,1-2H3,(H2,23,26). The van der Waals surface area contributed by atoms with Crippen LogP contribution in [-0.4, -0.2) is 17.4 Å². The first kappa shape index (κ1) is 18.9. The van der Waals surface area contributed by atoms with E-state index in [2.05, 4.69) is 36.3 Å². The number of nitrogens with one attached hydrogen (secondary N) is 1. The molecule has 1 heterocycles. The van der Waals surface area contributed by atoms with Gasteiger partial charge in [-0.2, -0.15) is 0 Å². The van der Waals surface area contributed by atoms with Crippen LogP contribution in [0, 0.1) is 5.92 Å². The van der Waals surface area contributed by atoms with Gasteiger partial charge < -0.3 is 15.8 Å². The number of amides is 1. The summed E-state index contributed by atoms with van der Waals surface area (Å²) in [5, 5.41) is 5.70. The second-order valence-corrected chi connectivity index (χ2v) is 6.98. The molecule has 0 atom stereocenters. The van der Waals surface area contributed by atoms with Gasteiger partial charge in [0, 0.05) is 24.2 Å². The number of hydrogen-bond donors (Lipinski definition) is 2. The summed E-state index contributed by atoms with van der Waals surface area (Å²) in [6, 6.07) is 15.5. The number of primary amides is 1. The van der Waals surface area contributed by atoms with Crippen LogP contribution >= 0.6 is 0 Å². The summed E-state index contributed by atoms with van der Waals surface area (Å²) >= 11 is 0. The van der Waals surface area contributed by atoms with Crippen molar-refractivity contribution in [3.05, 3.63) is 65.9 Å². The molecular formula is C22H25N3O2. The molecule has 3 rings (SSSR count). The number of ether oxygens (including phenoxy) is 1. The van der Waals surface area contributed by atoms with Crippen LogP contribution in [-0.2, 0) is 6.54 Å². The van der Waals surface area contributed by atoms with Crippen molar-refractivity contribution < 1.29 is 9.53 Å². The fourth-order valence-corrected chi connectivity index (χ4v) is 2.90. The molecule has 5 nitrogen and oxygen atoms in total. The average molecular weight is 363 g/mol. The van der Waals surface area contributed by atoms with Gasteiger partial charge in [-0.1, -0.05) is 44.2 Å². The Hall–Kier alpha value is -2.92. The number of benzene rings is 2. The molecule has 0 fully saturated rings. The molecular weight excluding hydrogens is 338 g/mol. The monoisotopic (exact) mass is 363 g/mol. The highest BCUT2D eigenvalue weighted by Crippen LogP contribution is 2.31. The predicted molar refractivity (Wildman–Crippen MR) is 108 cm³/mol. The molecule has 5 heteroatoms. The lowest BCUT2D eigenvalue weighted by Crippen LogP contribution is -2.16. The number of nitrogens with zero attached hydrogens (tertiary/aromatic N) is 1. The van der Waals surface area contributed by atoms with Gasteiger partial charge in [-0.25, -0.2) is 4.98 Å². The van der Waals surface area contributed by atoms with Gasteiger partial charge >= 0.3 is 0 Å². The smallest absolute Gasteiger partial charge is 0.250 e. The summed E-state index contributed by atoms with van der Waals surface area (Å²) < 4.78 is 5.95. The van der Waals surface area contributed by atoms with Gasteiger partial charge in [0.25, 0.3) is 0 Å². The first-order valence-corrected chi connectivity index (χ1v) is 9.19. The zero-order valence-electron chi connectivity index (χ0n) is 15.7. The maximum absolute atomic E-state index is 11.2. The Kier molecular flexibility index (Phi) is 6.04. The summed E-state index contributed by atoms with van der Waals surface area (Å²) in [4.78, 5) is 15.3. The molecule has 1 amide bonds. The lowest BCUT2D eigenvalue weighted by atomic mass is 10.0. The number of aromatic nitrogens is 1. The molecule has 0 unspecified atom stereocenters. The van der Waals surface area contributed by atoms with Crippen molar-refractivity contribution in [1.82, 2.24) is 10.3 Å². The highest BCUT2D eigenvalue weighted by molar-refractivity contribution is 5.92. The van der Waals surface area contributed by atoms with Crippen LogP contribution in [0.2, 0.25) is 0 Å². The third-order valence-corrected chi connectivity index (χ3v) is 4.42. The van der Waals surface area contributed by atoms with E-state index >= 15 is 0 Å². The molecule has 1 aromatic heterocycles. The fraction of sp³-hybridized carbons (Fsp3) is 0.273. The topological polar surface area (TPSA) is 77.2 Å². The number of nitrogens with two attached hydrogens (primary N) is 1. The van der Waals surface area contributed by atoms with E-state index in [0.717, 1.165) is 36.0 Å². The van der Waals surface area contributed by atoms with E-state index in [1.54, 1.807) is 12.1 Å². The van der Waals surface area contributed by atoms with Crippen molar-refractivity contribution in [1.29, 1.82) is 0 Å². The Morgan fingerprint density at radius 1 is 1.11 bits per heavy atom. The second kappa shape index (κ2) is 8.64. The van der Waals surface area contributed by atoms with E-state index in [1.807, 2.05) is 24.3 Å². The molecule has 0 aliphatic heterocycles. The van der Waals surface area contributed by atoms with Gasteiger partial charge in [-0.3, -0.25) is 4.79 Å². The van der Waals surface area contributed by atoms with E-state index < -0.39 is 5.91 Å². The molecule has 0 bridgehead atoms. The first-order chi connectivity index (χ1) is 13.0. The van der Waals surface area contributed by atoms with Crippen LogP contribution in [0.3, 0.4) is 0 Å². The number of fused-ring (bicyclic) bond motifs is 1. The van der Waals surface area contributed by atoms with Crippen LogP contribution in [0.5, 0.6) is 11.6 Å². The molecule has 0 radical (unpaired) electrons. The van der Waals surface area contributed by atoms with Crippen LogP contribution in [0.25, 0.3) is 10.8 Å². The van der Waals surface area contributed by atoms with Crippen molar-refractivity contribution in [3.63, 3.8) is 0 Å². The Morgan fingerprint density at radius 2 is 1.89 bits per heavy atom. The molecule has 3 N–H and O–H groups in total. The number of carbonyl (C=O) groups excluding carboxylic acids is 1. The van der Waals surface area contributed by atoms with E-state index in [1.165, 1.54) is 11.8 Å². The maximum Gasteiger partial charge on any atom is 0.250 e. The minimum absolute atomic E-state index is 0.357. The van der Waals surface area contributed by atoms with Crippen LogP contribution < -0.4 is 15.8 Å². The van der Waals surface area contributed by atoms with Crippen LogP contribution in [0.1, 0.15) is 36.2 Å². The van der Waals surface area contributed by atoms with Crippen molar-refractivity contribution in [2.24, 2.45) is 11.7 Å². The van der Waals surface area contributed by atoms with Crippen molar-refractivity contribution in [2.45, 2.75) is 26.8 Å². The van der Waals surface area contributed by atoms with E-state index in [0.29, 0.717) is 17.4 Å². The minimum atomic E-state index is -0.506. The highest BCUT2D eigenvalue weighted by Gasteiger charge is 2.08. The third-order valence-electron chi connectivity index (χ3n) is 4.42. The van der Waals surface area contributed by atoms with Gasteiger partial charge in [0.2, 0.25) is 11.8 Å². The molecule has 2 aromatic carbocycles. The van der Waals surface area contributed by atoms with E-state index in [-0.39, 0.29) is 0 Å². The summed E-state index contributed by atoms with van der Waals surface area (Å²) in [6.07, 6.45) is 2.58. The third kappa shape index (κ3) is 4.83. The average Bonchev–Trinajstić information content (AvgIpc) is 2.66. The normalized spacial score (nSPS) is 11.1. The zero-order chi connectivity index (χ0) is 19.2. The Balaban J connectivity index is 1.80. The van der Waals surface area contributed by atoms with Crippen molar-refractivity contribution in [2.75, 3.05) is 6.54 Å². The number of carbonyl (C=O) groups is 1. The van der Waals surface area contributed by atoms with Gasteiger partial charge in [0.05, 0.1) is 5.56 Å². The molecule has 27 heavy (non-hydrogen) atoms. The summed E-state index contributed by atoms with van der Waals surface area (Å²) in [5.74, 6) is 1.34. The Bertz CT molecular complexity index is 920. The quantitative estimate of drug-likeness (QED) is 0.586. The lowest BCUT2D eigenvalue weighted by molar-refractivity contribution is 0.1000. The molecule has 0 aliphatic carbocycles. The molecule has 0 saturated heterocycles. The highest BCUT2D eigenvalue weighted by atomic mass is 16.5. The zero-order valence-corrected chi connectivity index (χ0v) is 15.7. The number of pyridine rings is 1. The molecule has 3 aromatic rings. The Labute approximate surface area is 159 Å². The maximum atomic E-state index is 11.2. The van der Waals surface area contributed by atoms with E-state index in [4.69, 9.17) is 10.5 Å². The second-order valence-electron chi connectivity index (χ2n) is 6.98. The summed E-state index contributed by atoms with van der Waals surface area (Å²) in [7, 11) is 0. The van der Waals surface area contributed by atoms with Gasteiger partial charge in [-0.05, 0) is 42.0 Å². The fourth-order valence-electron chi connectivity index (χ4n) is 2.90.